The molecule has 18 heavy (non-hydrogen) atoms. The molecule has 0 aromatic carbocycles. The SMILES string of the molecule is COCCn1cc(NC(=O)CCC(C)CN)cn1. The van der Waals surface area contributed by atoms with Gasteiger partial charge in [-0.25, -0.2) is 0 Å². The minimum atomic E-state index is 0.00147. The smallest absolute Gasteiger partial charge is 0.224 e. The van der Waals surface area contributed by atoms with Gasteiger partial charge in [0, 0.05) is 19.7 Å². The first-order valence-electron chi connectivity index (χ1n) is 6.17. The van der Waals surface area contributed by atoms with Crippen LogP contribution in [0.25, 0.3) is 0 Å². The quantitative estimate of drug-likeness (QED) is 0.720. The molecular formula is C12H22N4O2. The van der Waals surface area contributed by atoms with Gasteiger partial charge in [0.15, 0.2) is 0 Å². The van der Waals surface area contributed by atoms with E-state index >= 15 is 0 Å². The Balaban J connectivity index is 2.33. The second-order valence-corrected chi connectivity index (χ2v) is 4.41. The highest BCUT2D eigenvalue weighted by atomic mass is 16.5. The molecule has 0 spiro atoms. The second kappa shape index (κ2) is 7.84. The zero-order valence-corrected chi connectivity index (χ0v) is 11.1. The molecule has 1 unspecified atom stereocenters. The van der Waals surface area contributed by atoms with E-state index in [2.05, 4.69) is 10.4 Å². The number of methoxy groups -OCH3 is 1. The van der Waals surface area contributed by atoms with E-state index in [0.29, 0.717) is 32.0 Å². The number of aromatic nitrogens is 2. The molecule has 102 valence electrons. The normalized spacial score (nSPS) is 12.4. The number of nitrogens with two attached hydrogens (primary N) is 1. The topological polar surface area (TPSA) is 82.2 Å². The first-order chi connectivity index (χ1) is 8.65. The third-order valence-electron chi connectivity index (χ3n) is 2.71. The molecule has 0 fully saturated rings. The number of hydrogen-bond acceptors (Lipinski definition) is 4. The van der Waals surface area contributed by atoms with Gasteiger partial charge in [-0.2, -0.15) is 5.10 Å². The van der Waals surface area contributed by atoms with Gasteiger partial charge in [0.05, 0.1) is 25.0 Å². The van der Waals surface area contributed by atoms with Crippen LogP contribution in [0.5, 0.6) is 0 Å². The Bertz CT molecular complexity index is 365. The van der Waals surface area contributed by atoms with Gasteiger partial charge in [-0.1, -0.05) is 6.92 Å². The number of amides is 1. The van der Waals surface area contributed by atoms with E-state index in [1.807, 2.05) is 6.92 Å². The summed E-state index contributed by atoms with van der Waals surface area (Å²) in [6, 6.07) is 0. The van der Waals surface area contributed by atoms with Gasteiger partial charge in [0.2, 0.25) is 5.91 Å². The number of carbonyl (C=O) groups is 1. The Morgan fingerprint density at radius 3 is 3.11 bits per heavy atom. The summed E-state index contributed by atoms with van der Waals surface area (Å²) in [6.45, 7) is 3.93. The fourth-order valence-corrected chi connectivity index (χ4v) is 1.45. The van der Waals surface area contributed by atoms with Crippen LogP contribution in [0.4, 0.5) is 5.69 Å². The zero-order chi connectivity index (χ0) is 13.4. The highest BCUT2D eigenvalue weighted by molar-refractivity contribution is 5.90. The van der Waals surface area contributed by atoms with Crippen LogP contribution in [0, 0.1) is 5.92 Å². The van der Waals surface area contributed by atoms with Crippen LogP contribution in [0.15, 0.2) is 12.4 Å². The van der Waals surface area contributed by atoms with E-state index in [0.717, 1.165) is 12.1 Å². The fourth-order valence-electron chi connectivity index (χ4n) is 1.45. The van der Waals surface area contributed by atoms with Gasteiger partial charge in [0.25, 0.3) is 0 Å². The minimum absolute atomic E-state index is 0.00147. The summed E-state index contributed by atoms with van der Waals surface area (Å²) >= 11 is 0. The molecule has 0 saturated carbocycles. The van der Waals surface area contributed by atoms with Crippen LogP contribution in [-0.4, -0.2) is 35.9 Å². The number of carbonyl (C=O) groups excluding carboxylic acids is 1. The van der Waals surface area contributed by atoms with Crippen LogP contribution in [0.2, 0.25) is 0 Å². The van der Waals surface area contributed by atoms with Crippen molar-refractivity contribution in [1.82, 2.24) is 9.78 Å². The van der Waals surface area contributed by atoms with Gasteiger partial charge < -0.3 is 15.8 Å². The molecule has 1 amide bonds. The summed E-state index contributed by atoms with van der Waals surface area (Å²) in [5, 5.41) is 6.93. The number of nitrogens with zero attached hydrogens (tertiary/aromatic N) is 2. The summed E-state index contributed by atoms with van der Waals surface area (Å²) in [5.41, 5.74) is 6.22. The van der Waals surface area contributed by atoms with Crippen molar-refractivity contribution < 1.29 is 9.53 Å². The average molecular weight is 254 g/mol. The summed E-state index contributed by atoms with van der Waals surface area (Å²) in [4.78, 5) is 11.6. The number of ether oxygens (including phenoxy) is 1. The molecule has 0 saturated heterocycles. The highest BCUT2D eigenvalue weighted by Crippen LogP contribution is 2.08. The molecule has 0 radical (unpaired) electrons. The molecule has 6 heteroatoms. The number of anilines is 1. The summed E-state index contributed by atoms with van der Waals surface area (Å²) in [7, 11) is 1.64. The van der Waals surface area contributed by atoms with Gasteiger partial charge in [0.1, 0.15) is 0 Å². The van der Waals surface area contributed by atoms with Crippen molar-refractivity contribution in [3.63, 3.8) is 0 Å². The third kappa shape index (κ3) is 5.29. The monoisotopic (exact) mass is 254 g/mol. The Labute approximate surface area is 107 Å². The molecule has 6 nitrogen and oxygen atoms in total. The lowest BCUT2D eigenvalue weighted by Gasteiger charge is -2.07. The molecule has 0 aliphatic carbocycles. The summed E-state index contributed by atoms with van der Waals surface area (Å²) in [6.07, 6.45) is 4.73. The standard InChI is InChI=1S/C12H22N4O2/c1-10(7-13)3-4-12(17)15-11-8-14-16(9-11)5-6-18-2/h8-10H,3-7,13H2,1-2H3,(H,15,17). The van der Waals surface area contributed by atoms with Gasteiger partial charge >= 0.3 is 0 Å². The molecule has 3 N–H and O–H groups in total. The molecule has 0 bridgehead atoms. The molecule has 0 aliphatic rings. The Kier molecular flexibility index (Phi) is 6.38. The van der Waals surface area contributed by atoms with Crippen molar-refractivity contribution in [3.8, 4) is 0 Å². The van der Waals surface area contributed by atoms with Crippen LogP contribution in [0.1, 0.15) is 19.8 Å². The molecule has 1 aromatic heterocycles. The van der Waals surface area contributed by atoms with Gasteiger partial charge in [-0.15, -0.1) is 0 Å². The van der Waals surface area contributed by atoms with E-state index in [1.165, 1.54) is 0 Å². The van der Waals surface area contributed by atoms with Crippen LogP contribution >= 0.6 is 0 Å². The van der Waals surface area contributed by atoms with Gasteiger partial charge in [-0.05, 0) is 18.9 Å². The molecule has 1 rings (SSSR count). The Morgan fingerprint density at radius 1 is 1.67 bits per heavy atom. The molecule has 1 aromatic rings. The molecule has 1 heterocycles. The average Bonchev–Trinajstić information content (AvgIpc) is 2.81. The molecule has 1 atom stereocenters. The van der Waals surface area contributed by atoms with E-state index in [9.17, 15) is 4.79 Å². The third-order valence-corrected chi connectivity index (χ3v) is 2.71. The van der Waals surface area contributed by atoms with Crippen molar-refractivity contribution in [1.29, 1.82) is 0 Å². The highest BCUT2D eigenvalue weighted by Gasteiger charge is 2.07. The van der Waals surface area contributed by atoms with Crippen molar-refractivity contribution >= 4 is 11.6 Å². The van der Waals surface area contributed by atoms with E-state index in [1.54, 1.807) is 24.2 Å². The first-order valence-corrected chi connectivity index (χ1v) is 6.17. The fraction of sp³-hybridized carbons (Fsp3) is 0.667. The number of rotatable bonds is 8. The number of nitrogens with one attached hydrogen (secondary N) is 1. The maximum Gasteiger partial charge on any atom is 0.224 e. The van der Waals surface area contributed by atoms with Crippen molar-refractivity contribution in [3.05, 3.63) is 12.4 Å². The number of hydrogen-bond donors (Lipinski definition) is 2. The zero-order valence-electron chi connectivity index (χ0n) is 11.1. The van der Waals surface area contributed by atoms with E-state index in [4.69, 9.17) is 10.5 Å². The minimum Gasteiger partial charge on any atom is -0.383 e. The lowest BCUT2D eigenvalue weighted by molar-refractivity contribution is -0.116. The maximum absolute atomic E-state index is 11.6. The van der Waals surface area contributed by atoms with Crippen molar-refractivity contribution in [2.24, 2.45) is 11.7 Å². The van der Waals surface area contributed by atoms with E-state index in [-0.39, 0.29) is 5.91 Å². The van der Waals surface area contributed by atoms with Crippen molar-refractivity contribution in [2.75, 3.05) is 25.6 Å². The Hall–Kier alpha value is -1.40. The molecular weight excluding hydrogens is 232 g/mol. The summed E-state index contributed by atoms with van der Waals surface area (Å²) < 4.78 is 6.69. The largest absolute Gasteiger partial charge is 0.383 e. The van der Waals surface area contributed by atoms with Crippen molar-refractivity contribution in [2.45, 2.75) is 26.3 Å². The first kappa shape index (κ1) is 14.7. The lowest BCUT2D eigenvalue weighted by atomic mass is 10.1. The maximum atomic E-state index is 11.6. The van der Waals surface area contributed by atoms with Gasteiger partial charge in [-0.3, -0.25) is 9.48 Å². The molecule has 0 aliphatic heterocycles. The predicted molar refractivity (Wildman–Crippen MR) is 70.2 cm³/mol. The lowest BCUT2D eigenvalue weighted by Crippen LogP contribution is -2.16. The van der Waals surface area contributed by atoms with Crippen LogP contribution < -0.4 is 11.1 Å². The Morgan fingerprint density at radius 2 is 2.44 bits per heavy atom. The van der Waals surface area contributed by atoms with Crippen LogP contribution in [-0.2, 0) is 16.1 Å². The predicted octanol–water partition coefficient (Wildman–Crippen LogP) is 0.843. The van der Waals surface area contributed by atoms with Crippen LogP contribution in [0.3, 0.4) is 0 Å². The summed E-state index contributed by atoms with van der Waals surface area (Å²) in [5.74, 6) is 0.377. The second-order valence-electron chi connectivity index (χ2n) is 4.41. The van der Waals surface area contributed by atoms with E-state index < -0.39 is 0 Å².